The van der Waals surface area contributed by atoms with Crippen LogP contribution in [0.1, 0.15) is 22.3 Å². The summed E-state index contributed by atoms with van der Waals surface area (Å²) >= 11 is 8.91. The van der Waals surface area contributed by atoms with Crippen LogP contribution in [0.3, 0.4) is 0 Å². The predicted molar refractivity (Wildman–Crippen MR) is 112 cm³/mol. The number of ketones is 1. The summed E-state index contributed by atoms with van der Waals surface area (Å²) in [4.78, 5) is 31.3. The Hall–Kier alpha value is -2.15. The van der Waals surface area contributed by atoms with Crippen molar-refractivity contribution in [3.8, 4) is 0 Å². The number of carbonyl (C=O) groups is 2. The van der Waals surface area contributed by atoms with Gasteiger partial charge < -0.3 is 0 Å². The molecule has 0 bridgehead atoms. The van der Waals surface area contributed by atoms with E-state index in [0.29, 0.717) is 10.6 Å². The summed E-state index contributed by atoms with van der Waals surface area (Å²) < 4.78 is 1.09. The Bertz CT molecular complexity index is 1030. The van der Waals surface area contributed by atoms with Crippen LogP contribution in [0.4, 0.5) is 0 Å². The minimum Gasteiger partial charge on any atom is -0.298 e. The van der Waals surface area contributed by atoms with Crippen molar-refractivity contribution in [1.82, 2.24) is 9.88 Å². The lowest BCUT2D eigenvalue weighted by molar-refractivity contribution is -0.126. The molecule has 1 atom stereocenters. The minimum absolute atomic E-state index is 0.00847. The van der Waals surface area contributed by atoms with Gasteiger partial charge in [0, 0.05) is 16.7 Å². The van der Waals surface area contributed by atoms with Gasteiger partial charge in [0.15, 0.2) is 5.78 Å². The molecule has 0 saturated carbocycles. The van der Waals surface area contributed by atoms with E-state index in [4.69, 9.17) is 11.6 Å². The standard InChI is InChI=1S/C20H15ClN2O2S2/c1-12-20(25)23(11-16(24)13-6-8-14(21)9-7-13)19(26-12)10-18-22-15-4-2-3-5-17(15)27-18/h2-10,12H,11H2,1H3/b19-10-. The van der Waals surface area contributed by atoms with Crippen molar-refractivity contribution in [2.24, 2.45) is 0 Å². The number of thiazole rings is 1. The van der Waals surface area contributed by atoms with Crippen LogP contribution in [0.25, 0.3) is 16.3 Å². The van der Waals surface area contributed by atoms with Crippen LogP contribution in [0.5, 0.6) is 0 Å². The van der Waals surface area contributed by atoms with Gasteiger partial charge in [-0.25, -0.2) is 4.98 Å². The molecule has 0 aliphatic carbocycles. The first-order valence-electron chi connectivity index (χ1n) is 8.35. The van der Waals surface area contributed by atoms with Gasteiger partial charge in [-0.3, -0.25) is 14.5 Å². The summed E-state index contributed by atoms with van der Waals surface area (Å²) in [5.41, 5.74) is 1.47. The Morgan fingerprint density at radius 2 is 1.96 bits per heavy atom. The molecule has 1 fully saturated rings. The van der Waals surface area contributed by atoms with Crippen molar-refractivity contribution in [3.05, 3.63) is 69.2 Å². The molecule has 1 saturated heterocycles. The molecule has 0 radical (unpaired) electrons. The van der Waals surface area contributed by atoms with E-state index in [1.54, 1.807) is 40.5 Å². The van der Waals surface area contributed by atoms with Crippen LogP contribution in [0.2, 0.25) is 5.02 Å². The van der Waals surface area contributed by atoms with E-state index in [9.17, 15) is 9.59 Å². The zero-order valence-electron chi connectivity index (χ0n) is 14.4. The molecule has 4 rings (SSSR count). The second-order valence-electron chi connectivity index (χ2n) is 6.12. The number of aromatic nitrogens is 1. The third-order valence-electron chi connectivity index (χ3n) is 4.20. The van der Waals surface area contributed by atoms with Gasteiger partial charge >= 0.3 is 0 Å². The monoisotopic (exact) mass is 414 g/mol. The SMILES string of the molecule is CC1S/C(=C\c2nc3ccccc3s2)N(CC(=O)c2ccc(Cl)cc2)C1=O. The number of rotatable bonds is 4. The predicted octanol–water partition coefficient (Wildman–Crippen LogP) is 5.09. The van der Waals surface area contributed by atoms with E-state index in [-0.39, 0.29) is 23.5 Å². The van der Waals surface area contributed by atoms with E-state index < -0.39 is 0 Å². The van der Waals surface area contributed by atoms with E-state index in [1.807, 2.05) is 37.3 Å². The number of amides is 1. The first-order chi connectivity index (χ1) is 13.0. The summed E-state index contributed by atoms with van der Waals surface area (Å²) in [6, 6.07) is 14.6. The van der Waals surface area contributed by atoms with E-state index in [0.717, 1.165) is 20.3 Å². The first kappa shape index (κ1) is 18.2. The van der Waals surface area contributed by atoms with Crippen LogP contribution in [-0.4, -0.2) is 33.4 Å². The molecule has 2 heterocycles. The number of hydrogen-bond acceptors (Lipinski definition) is 5. The van der Waals surface area contributed by atoms with Gasteiger partial charge in [-0.1, -0.05) is 35.5 Å². The number of fused-ring (bicyclic) bond motifs is 1. The molecule has 2 aromatic carbocycles. The third kappa shape index (κ3) is 3.78. The summed E-state index contributed by atoms with van der Waals surface area (Å²) in [7, 11) is 0. The maximum atomic E-state index is 12.6. The molecule has 1 unspecified atom stereocenters. The minimum atomic E-state index is -0.219. The number of nitrogens with zero attached hydrogens (tertiary/aromatic N) is 2. The maximum absolute atomic E-state index is 12.6. The Morgan fingerprint density at radius 1 is 1.22 bits per heavy atom. The van der Waals surface area contributed by atoms with Crippen molar-refractivity contribution in [3.63, 3.8) is 0 Å². The lowest BCUT2D eigenvalue weighted by atomic mass is 10.1. The topological polar surface area (TPSA) is 50.3 Å². The van der Waals surface area contributed by atoms with Gasteiger partial charge in [0.2, 0.25) is 5.91 Å². The normalized spacial score (nSPS) is 18.6. The summed E-state index contributed by atoms with van der Waals surface area (Å²) in [6.07, 6.45) is 1.89. The summed E-state index contributed by atoms with van der Waals surface area (Å²) in [5.74, 6) is -0.181. The Morgan fingerprint density at radius 3 is 2.70 bits per heavy atom. The molecule has 3 aromatic rings. The highest BCUT2D eigenvalue weighted by Gasteiger charge is 2.35. The van der Waals surface area contributed by atoms with E-state index in [2.05, 4.69) is 4.98 Å². The highest BCUT2D eigenvalue weighted by atomic mass is 35.5. The molecule has 27 heavy (non-hydrogen) atoms. The van der Waals surface area contributed by atoms with Gasteiger partial charge in [-0.15, -0.1) is 11.3 Å². The molecule has 0 N–H and O–H groups in total. The van der Waals surface area contributed by atoms with Crippen LogP contribution >= 0.6 is 34.7 Å². The second-order valence-corrected chi connectivity index (χ2v) is 8.98. The number of hydrogen-bond donors (Lipinski definition) is 0. The number of carbonyl (C=O) groups excluding carboxylic acids is 2. The van der Waals surface area contributed by atoms with Crippen LogP contribution in [-0.2, 0) is 4.79 Å². The Balaban J connectivity index is 1.61. The first-order valence-corrected chi connectivity index (χ1v) is 10.4. The van der Waals surface area contributed by atoms with Crippen LogP contribution in [0, 0.1) is 0 Å². The Labute approximate surface area is 169 Å². The smallest absolute Gasteiger partial charge is 0.241 e. The van der Waals surface area contributed by atoms with Gasteiger partial charge in [0.1, 0.15) is 5.01 Å². The van der Waals surface area contributed by atoms with Gasteiger partial charge in [-0.2, -0.15) is 0 Å². The number of halogens is 1. The molecule has 136 valence electrons. The molecule has 0 spiro atoms. The third-order valence-corrected chi connectivity index (χ3v) is 6.57. The molecular formula is C20H15ClN2O2S2. The fraction of sp³-hybridized carbons (Fsp3) is 0.150. The lowest BCUT2D eigenvalue weighted by Gasteiger charge is -2.16. The maximum Gasteiger partial charge on any atom is 0.241 e. The molecule has 7 heteroatoms. The fourth-order valence-corrected chi connectivity index (χ4v) is 4.98. The largest absolute Gasteiger partial charge is 0.298 e. The Kier molecular flexibility index (Phi) is 5.04. The molecule has 1 aliphatic heterocycles. The van der Waals surface area contributed by atoms with Gasteiger partial charge in [-0.05, 0) is 43.3 Å². The molecule has 4 nitrogen and oxygen atoms in total. The van der Waals surface area contributed by atoms with Crippen LogP contribution < -0.4 is 0 Å². The molecule has 1 aromatic heterocycles. The zero-order chi connectivity index (χ0) is 19.0. The average Bonchev–Trinajstić information content (AvgIpc) is 3.18. The van der Waals surface area contributed by atoms with Crippen molar-refractivity contribution in [2.45, 2.75) is 12.2 Å². The number of para-hydroxylation sites is 1. The van der Waals surface area contributed by atoms with Gasteiger partial charge in [0.05, 0.1) is 27.0 Å². The average molecular weight is 415 g/mol. The van der Waals surface area contributed by atoms with Crippen molar-refractivity contribution >= 4 is 62.7 Å². The lowest BCUT2D eigenvalue weighted by Crippen LogP contribution is -2.32. The quantitative estimate of drug-likeness (QED) is 0.557. The van der Waals surface area contributed by atoms with Crippen molar-refractivity contribution < 1.29 is 9.59 Å². The zero-order valence-corrected chi connectivity index (χ0v) is 16.8. The molecular weight excluding hydrogens is 400 g/mol. The number of thioether (sulfide) groups is 1. The summed E-state index contributed by atoms with van der Waals surface area (Å²) in [5, 5.41) is 1.94. The van der Waals surface area contributed by atoms with E-state index in [1.165, 1.54) is 11.8 Å². The molecule has 1 amide bonds. The highest BCUT2D eigenvalue weighted by molar-refractivity contribution is 8.04. The van der Waals surface area contributed by atoms with Gasteiger partial charge in [0.25, 0.3) is 0 Å². The van der Waals surface area contributed by atoms with Crippen LogP contribution in [0.15, 0.2) is 53.6 Å². The highest BCUT2D eigenvalue weighted by Crippen LogP contribution is 2.37. The number of Topliss-reactive ketones (excluding diaryl/α,β-unsaturated/α-hetero) is 1. The van der Waals surface area contributed by atoms with Crippen molar-refractivity contribution in [1.29, 1.82) is 0 Å². The van der Waals surface area contributed by atoms with Crippen molar-refractivity contribution in [2.75, 3.05) is 6.54 Å². The van der Waals surface area contributed by atoms with E-state index >= 15 is 0 Å². The fourth-order valence-electron chi connectivity index (χ4n) is 2.82. The number of benzene rings is 2. The second kappa shape index (κ2) is 7.46. The molecule has 1 aliphatic rings. The summed E-state index contributed by atoms with van der Waals surface area (Å²) in [6.45, 7) is 1.86.